The summed E-state index contributed by atoms with van der Waals surface area (Å²) in [6.45, 7) is 9.54. The van der Waals surface area contributed by atoms with Crippen LogP contribution in [-0.2, 0) is 14.4 Å². The molecule has 20 heavy (non-hydrogen) atoms. The van der Waals surface area contributed by atoms with Crippen molar-refractivity contribution in [3.8, 4) is 0 Å². The molecule has 0 aromatic heterocycles. The molecule has 0 aliphatic carbocycles. The summed E-state index contributed by atoms with van der Waals surface area (Å²) in [5, 5.41) is 18.6. The van der Waals surface area contributed by atoms with E-state index in [0.29, 0.717) is 6.42 Å². The Labute approximate surface area is 120 Å². The highest BCUT2D eigenvalue weighted by atomic mass is 16.4. The maximum atomic E-state index is 12.0. The van der Waals surface area contributed by atoms with Crippen molar-refractivity contribution in [3.05, 3.63) is 0 Å². The Kier molecular flexibility index (Phi) is 5.52. The van der Waals surface area contributed by atoms with Crippen LogP contribution in [0.15, 0.2) is 0 Å². The van der Waals surface area contributed by atoms with Gasteiger partial charge in [0.25, 0.3) is 0 Å². The Hall–Kier alpha value is -1.39. The van der Waals surface area contributed by atoms with Crippen LogP contribution in [0, 0.1) is 16.2 Å². The van der Waals surface area contributed by atoms with Gasteiger partial charge in [-0.1, -0.05) is 13.8 Å². The van der Waals surface area contributed by atoms with Crippen LogP contribution < -0.4 is 0 Å². The van der Waals surface area contributed by atoms with Crippen LogP contribution in [0.4, 0.5) is 0 Å². The molecule has 2 N–H and O–H groups in total. The third-order valence-corrected chi connectivity index (χ3v) is 4.34. The molecule has 0 saturated heterocycles. The first-order chi connectivity index (χ1) is 8.81. The van der Waals surface area contributed by atoms with Gasteiger partial charge in [0.1, 0.15) is 5.78 Å². The zero-order chi connectivity index (χ0) is 16.4. The highest BCUT2D eigenvalue weighted by Gasteiger charge is 2.46. The molecule has 0 aliphatic rings. The second kappa shape index (κ2) is 5.94. The average Bonchev–Trinajstić information content (AvgIpc) is 2.27. The van der Waals surface area contributed by atoms with E-state index in [2.05, 4.69) is 0 Å². The van der Waals surface area contributed by atoms with E-state index in [9.17, 15) is 24.6 Å². The summed E-state index contributed by atoms with van der Waals surface area (Å²) in [4.78, 5) is 34.7. The summed E-state index contributed by atoms with van der Waals surface area (Å²) in [6, 6.07) is 0. The number of carbonyl (C=O) groups excluding carboxylic acids is 1. The van der Waals surface area contributed by atoms with Crippen molar-refractivity contribution in [1.29, 1.82) is 0 Å². The lowest BCUT2D eigenvalue weighted by Crippen LogP contribution is -2.42. The van der Waals surface area contributed by atoms with E-state index in [1.54, 1.807) is 34.6 Å². The van der Waals surface area contributed by atoms with E-state index >= 15 is 0 Å². The highest BCUT2D eigenvalue weighted by molar-refractivity contribution is 5.85. The van der Waals surface area contributed by atoms with Gasteiger partial charge in [-0.25, -0.2) is 0 Å². The SMILES string of the molecule is CCC(C)(CC(C)(CC(C)(C)C(=O)O)C(C)=O)C(=O)O. The molecule has 2 atom stereocenters. The molecule has 0 heterocycles. The molecule has 5 nitrogen and oxygen atoms in total. The predicted octanol–water partition coefficient (Wildman–Crippen LogP) is 2.97. The van der Waals surface area contributed by atoms with Crippen LogP contribution in [0.25, 0.3) is 0 Å². The minimum atomic E-state index is -1.08. The van der Waals surface area contributed by atoms with Gasteiger partial charge in [-0.05, 0) is 47.0 Å². The molecular weight excluding hydrogens is 260 g/mol. The maximum Gasteiger partial charge on any atom is 0.309 e. The number of carboxylic acids is 2. The monoisotopic (exact) mass is 286 g/mol. The van der Waals surface area contributed by atoms with Crippen LogP contribution in [0.3, 0.4) is 0 Å². The first-order valence-corrected chi connectivity index (χ1v) is 6.78. The fourth-order valence-corrected chi connectivity index (χ4v) is 2.58. The lowest BCUT2D eigenvalue weighted by Gasteiger charge is -2.38. The van der Waals surface area contributed by atoms with Gasteiger partial charge in [0.15, 0.2) is 0 Å². The first kappa shape index (κ1) is 18.6. The van der Waals surface area contributed by atoms with E-state index in [4.69, 9.17) is 0 Å². The topological polar surface area (TPSA) is 91.7 Å². The third-order valence-electron chi connectivity index (χ3n) is 4.34. The Balaban J connectivity index is 5.49. The van der Waals surface area contributed by atoms with Crippen LogP contribution in [0.5, 0.6) is 0 Å². The maximum absolute atomic E-state index is 12.0. The van der Waals surface area contributed by atoms with Gasteiger partial charge >= 0.3 is 11.9 Å². The van der Waals surface area contributed by atoms with Gasteiger partial charge in [0.05, 0.1) is 10.8 Å². The predicted molar refractivity (Wildman–Crippen MR) is 75.5 cm³/mol. The van der Waals surface area contributed by atoms with Gasteiger partial charge < -0.3 is 10.2 Å². The summed E-state index contributed by atoms with van der Waals surface area (Å²) in [7, 11) is 0. The largest absolute Gasteiger partial charge is 0.481 e. The number of carbonyl (C=O) groups is 3. The standard InChI is InChI=1S/C15H26O5/c1-7-14(5,12(19)20)9-15(6,10(2)16)8-13(3,4)11(17)18/h7-9H2,1-6H3,(H,17,18)(H,19,20). The summed E-state index contributed by atoms with van der Waals surface area (Å²) >= 11 is 0. The molecular formula is C15H26O5. The van der Waals surface area contributed by atoms with Crippen molar-refractivity contribution >= 4 is 17.7 Å². The van der Waals surface area contributed by atoms with Crippen molar-refractivity contribution in [1.82, 2.24) is 0 Å². The fourth-order valence-electron chi connectivity index (χ4n) is 2.58. The molecule has 0 spiro atoms. The molecule has 2 unspecified atom stereocenters. The fraction of sp³-hybridized carbons (Fsp3) is 0.800. The van der Waals surface area contributed by atoms with Gasteiger partial charge in [-0.15, -0.1) is 0 Å². The lowest BCUT2D eigenvalue weighted by molar-refractivity contribution is -0.154. The minimum Gasteiger partial charge on any atom is -0.481 e. The second-order valence-corrected chi connectivity index (χ2v) is 6.88. The lowest BCUT2D eigenvalue weighted by atomic mass is 9.63. The number of Topliss-reactive ketones (excluding diaryl/α,β-unsaturated/α-hetero) is 1. The molecule has 116 valence electrons. The zero-order valence-electron chi connectivity index (χ0n) is 13.2. The third kappa shape index (κ3) is 4.05. The van der Waals surface area contributed by atoms with Crippen LogP contribution in [-0.4, -0.2) is 27.9 Å². The zero-order valence-corrected chi connectivity index (χ0v) is 13.2. The van der Waals surface area contributed by atoms with Crippen molar-refractivity contribution in [3.63, 3.8) is 0 Å². The van der Waals surface area contributed by atoms with Crippen molar-refractivity contribution < 1.29 is 24.6 Å². The number of carboxylic acid groups (broad SMARTS) is 2. The summed E-state index contributed by atoms with van der Waals surface area (Å²) < 4.78 is 0. The van der Waals surface area contributed by atoms with E-state index in [0.717, 1.165) is 0 Å². The molecule has 0 fully saturated rings. The molecule has 0 aliphatic heterocycles. The summed E-state index contributed by atoms with van der Waals surface area (Å²) in [6.07, 6.45) is 0.643. The molecule has 0 radical (unpaired) electrons. The van der Waals surface area contributed by atoms with Crippen molar-refractivity contribution in [2.45, 2.75) is 60.8 Å². The molecule has 5 heteroatoms. The van der Waals surface area contributed by atoms with Crippen molar-refractivity contribution in [2.24, 2.45) is 16.2 Å². The van der Waals surface area contributed by atoms with Gasteiger partial charge in [-0.2, -0.15) is 0 Å². The van der Waals surface area contributed by atoms with Crippen molar-refractivity contribution in [2.75, 3.05) is 0 Å². The molecule has 0 bridgehead atoms. The average molecular weight is 286 g/mol. The molecule has 0 aromatic carbocycles. The highest BCUT2D eigenvalue weighted by Crippen LogP contribution is 2.44. The Morgan fingerprint density at radius 2 is 1.30 bits per heavy atom. The molecule has 0 saturated carbocycles. The van der Waals surface area contributed by atoms with E-state index in [-0.39, 0.29) is 18.6 Å². The quantitative estimate of drug-likeness (QED) is 0.715. The van der Waals surface area contributed by atoms with Crippen LogP contribution in [0.2, 0.25) is 0 Å². The molecule has 0 aromatic rings. The molecule has 0 rings (SSSR count). The van der Waals surface area contributed by atoms with E-state index in [1.807, 2.05) is 0 Å². The number of aliphatic carboxylic acids is 2. The number of hydrogen-bond acceptors (Lipinski definition) is 3. The normalized spacial score (nSPS) is 17.9. The summed E-state index contributed by atoms with van der Waals surface area (Å²) in [5.41, 5.74) is -3.08. The number of ketones is 1. The van der Waals surface area contributed by atoms with Crippen LogP contribution in [0.1, 0.15) is 60.8 Å². The van der Waals surface area contributed by atoms with Gasteiger partial charge in [0.2, 0.25) is 0 Å². The summed E-state index contributed by atoms with van der Waals surface area (Å²) in [5.74, 6) is -2.12. The van der Waals surface area contributed by atoms with E-state index < -0.39 is 28.2 Å². The Morgan fingerprint density at radius 3 is 1.55 bits per heavy atom. The smallest absolute Gasteiger partial charge is 0.309 e. The number of rotatable bonds is 8. The first-order valence-electron chi connectivity index (χ1n) is 6.78. The second-order valence-electron chi connectivity index (χ2n) is 6.88. The minimum absolute atomic E-state index is 0.119. The molecule has 0 amide bonds. The van der Waals surface area contributed by atoms with Gasteiger partial charge in [-0.3, -0.25) is 14.4 Å². The Bertz CT molecular complexity index is 412. The van der Waals surface area contributed by atoms with E-state index in [1.165, 1.54) is 6.92 Å². The Morgan fingerprint density at radius 1 is 0.850 bits per heavy atom. The number of hydrogen-bond donors (Lipinski definition) is 2. The van der Waals surface area contributed by atoms with Crippen LogP contribution >= 0.6 is 0 Å². The van der Waals surface area contributed by atoms with Gasteiger partial charge in [0, 0.05) is 5.41 Å².